The Labute approximate surface area is 138 Å². The van der Waals surface area contributed by atoms with Crippen LogP contribution in [0.15, 0.2) is 46.9 Å². The van der Waals surface area contributed by atoms with Gasteiger partial charge in [-0.3, -0.25) is 0 Å². The summed E-state index contributed by atoms with van der Waals surface area (Å²) in [5.41, 5.74) is 1.98. The molecular weight excluding hydrogens is 353 g/mol. The van der Waals surface area contributed by atoms with Crippen LogP contribution in [-0.2, 0) is 6.42 Å². The van der Waals surface area contributed by atoms with E-state index in [0.717, 1.165) is 28.6 Å². The number of rotatable bonds is 6. The highest BCUT2D eigenvalue weighted by Crippen LogP contribution is 2.28. The van der Waals surface area contributed by atoms with Crippen molar-refractivity contribution >= 4 is 27.5 Å². The third-order valence-corrected chi connectivity index (χ3v) is 4.44. The van der Waals surface area contributed by atoms with Gasteiger partial charge in [0, 0.05) is 15.5 Å². The van der Waals surface area contributed by atoms with E-state index in [1.165, 1.54) is 12.1 Å². The van der Waals surface area contributed by atoms with Crippen molar-refractivity contribution in [1.82, 2.24) is 5.32 Å². The zero-order chi connectivity index (χ0) is 15.2. The van der Waals surface area contributed by atoms with Crippen molar-refractivity contribution in [1.29, 1.82) is 0 Å². The van der Waals surface area contributed by atoms with Gasteiger partial charge in [-0.2, -0.15) is 0 Å². The Bertz CT molecular complexity index is 603. The summed E-state index contributed by atoms with van der Waals surface area (Å²) in [5.74, 6) is -0.254. The monoisotopic (exact) mass is 369 g/mol. The summed E-state index contributed by atoms with van der Waals surface area (Å²) in [6.07, 6.45) is 1.69. The Kier molecular flexibility index (Phi) is 6.22. The summed E-state index contributed by atoms with van der Waals surface area (Å²) in [4.78, 5) is 0. The van der Waals surface area contributed by atoms with Gasteiger partial charge in [-0.05, 0) is 54.8 Å². The van der Waals surface area contributed by atoms with Crippen LogP contribution in [0.2, 0.25) is 5.02 Å². The first-order valence-corrected chi connectivity index (χ1v) is 8.20. The van der Waals surface area contributed by atoms with Crippen molar-refractivity contribution in [3.05, 3.63) is 68.9 Å². The van der Waals surface area contributed by atoms with Gasteiger partial charge in [0.2, 0.25) is 0 Å². The molecule has 1 unspecified atom stereocenters. The molecule has 1 atom stereocenters. The Hall–Kier alpha value is -0.900. The van der Waals surface area contributed by atoms with Crippen LogP contribution in [0, 0.1) is 5.82 Å². The summed E-state index contributed by atoms with van der Waals surface area (Å²) in [6, 6.07) is 12.7. The topological polar surface area (TPSA) is 12.0 Å². The summed E-state index contributed by atoms with van der Waals surface area (Å²) in [5, 5.41) is 4.11. The number of halogens is 3. The molecule has 0 aliphatic rings. The van der Waals surface area contributed by atoms with Crippen LogP contribution >= 0.6 is 27.5 Å². The molecule has 2 aromatic rings. The highest BCUT2D eigenvalue weighted by atomic mass is 79.9. The first-order valence-electron chi connectivity index (χ1n) is 7.03. The maximum Gasteiger partial charge on any atom is 0.123 e. The molecule has 0 aromatic heterocycles. The fraction of sp³-hybridized carbons (Fsp3) is 0.294. The molecule has 2 aromatic carbocycles. The van der Waals surface area contributed by atoms with Crippen LogP contribution in [0.4, 0.5) is 4.39 Å². The van der Waals surface area contributed by atoms with E-state index in [4.69, 9.17) is 11.6 Å². The van der Waals surface area contributed by atoms with Gasteiger partial charge < -0.3 is 5.32 Å². The predicted molar refractivity (Wildman–Crippen MR) is 90.3 cm³/mol. The predicted octanol–water partition coefficient (Wildman–Crippen LogP) is 5.53. The molecule has 0 heterocycles. The maximum absolute atomic E-state index is 13.4. The second-order valence-corrected chi connectivity index (χ2v) is 6.23. The van der Waals surface area contributed by atoms with Crippen LogP contribution in [0.25, 0.3) is 0 Å². The lowest BCUT2D eigenvalue weighted by molar-refractivity contribution is 0.525. The van der Waals surface area contributed by atoms with E-state index >= 15 is 0 Å². The summed E-state index contributed by atoms with van der Waals surface area (Å²) >= 11 is 9.78. The van der Waals surface area contributed by atoms with Crippen LogP contribution in [0.3, 0.4) is 0 Å². The lowest BCUT2D eigenvalue weighted by Crippen LogP contribution is -2.24. The number of hydrogen-bond donors (Lipinski definition) is 1. The van der Waals surface area contributed by atoms with Crippen molar-refractivity contribution in [2.24, 2.45) is 0 Å². The van der Waals surface area contributed by atoms with Crippen LogP contribution < -0.4 is 5.32 Å². The third kappa shape index (κ3) is 4.53. The van der Waals surface area contributed by atoms with Gasteiger partial charge in [0.25, 0.3) is 0 Å². The molecular formula is C17H18BrClFN. The Balaban J connectivity index is 2.28. The Morgan fingerprint density at radius 1 is 1.24 bits per heavy atom. The van der Waals surface area contributed by atoms with E-state index in [1.54, 1.807) is 6.07 Å². The molecule has 0 saturated heterocycles. The van der Waals surface area contributed by atoms with Gasteiger partial charge in [-0.1, -0.05) is 52.7 Å². The van der Waals surface area contributed by atoms with E-state index in [2.05, 4.69) is 34.2 Å². The van der Waals surface area contributed by atoms with Crippen LogP contribution in [0.5, 0.6) is 0 Å². The Morgan fingerprint density at radius 3 is 2.71 bits per heavy atom. The van der Waals surface area contributed by atoms with Gasteiger partial charge in [-0.25, -0.2) is 4.39 Å². The number of nitrogens with one attached hydrogen (secondary N) is 1. The molecule has 21 heavy (non-hydrogen) atoms. The number of hydrogen-bond acceptors (Lipinski definition) is 1. The molecule has 1 nitrogen and oxygen atoms in total. The SMILES string of the molecule is CCCNC(Cc1cc(F)ccc1Cl)c1ccccc1Br. The van der Waals surface area contributed by atoms with Crippen molar-refractivity contribution in [3.8, 4) is 0 Å². The molecule has 0 radical (unpaired) electrons. The second kappa shape index (κ2) is 7.92. The fourth-order valence-electron chi connectivity index (χ4n) is 2.29. The smallest absolute Gasteiger partial charge is 0.123 e. The van der Waals surface area contributed by atoms with E-state index in [0.29, 0.717) is 11.4 Å². The molecule has 0 fully saturated rings. The highest BCUT2D eigenvalue weighted by Gasteiger charge is 2.16. The molecule has 0 amide bonds. The fourth-order valence-corrected chi connectivity index (χ4v) is 3.04. The molecule has 4 heteroatoms. The first kappa shape index (κ1) is 16.5. The molecule has 1 N–H and O–H groups in total. The lowest BCUT2D eigenvalue weighted by atomic mass is 9.98. The molecule has 0 aliphatic carbocycles. The normalized spacial score (nSPS) is 12.4. The van der Waals surface area contributed by atoms with Crippen molar-refractivity contribution < 1.29 is 4.39 Å². The van der Waals surface area contributed by atoms with Gasteiger partial charge in [0.05, 0.1) is 0 Å². The lowest BCUT2D eigenvalue weighted by Gasteiger charge is -2.21. The summed E-state index contributed by atoms with van der Waals surface area (Å²) in [7, 11) is 0. The van der Waals surface area contributed by atoms with Gasteiger partial charge in [0.15, 0.2) is 0 Å². The second-order valence-electron chi connectivity index (χ2n) is 4.97. The van der Waals surface area contributed by atoms with Crippen LogP contribution in [0.1, 0.15) is 30.5 Å². The summed E-state index contributed by atoms with van der Waals surface area (Å²) in [6.45, 7) is 3.03. The quantitative estimate of drug-likeness (QED) is 0.705. The number of benzene rings is 2. The third-order valence-electron chi connectivity index (χ3n) is 3.35. The van der Waals surface area contributed by atoms with Gasteiger partial charge in [0.1, 0.15) is 5.82 Å². The summed E-state index contributed by atoms with van der Waals surface area (Å²) < 4.78 is 14.5. The van der Waals surface area contributed by atoms with Crippen LogP contribution in [-0.4, -0.2) is 6.54 Å². The standard InChI is InChI=1S/C17H18BrClFN/c1-2-9-21-17(14-5-3-4-6-15(14)18)11-12-10-13(20)7-8-16(12)19/h3-8,10,17,21H,2,9,11H2,1H3. The highest BCUT2D eigenvalue weighted by molar-refractivity contribution is 9.10. The maximum atomic E-state index is 13.4. The minimum Gasteiger partial charge on any atom is -0.310 e. The zero-order valence-electron chi connectivity index (χ0n) is 11.9. The van der Waals surface area contributed by atoms with Crippen molar-refractivity contribution in [2.75, 3.05) is 6.54 Å². The molecule has 0 bridgehead atoms. The van der Waals surface area contributed by atoms with E-state index in [1.807, 2.05) is 18.2 Å². The zero-order valence-corrected chi connectivity index (χ0v) is 14.2. The van der Waals surface area contributed by atoms with E-state index in [-0.39, 0.29) is 11.9 Å². The van der Waals surface area contributed by atoms with Crippen molar-refractivity contribution in [3.63, 3.8) is 0 Å². The molecule has 0 spiro atoms. The van der Waals surface area contributed by atoms with E-state index < -0.39 is 0 Å². The molecule has 0 aliphatic heterocycles. The van der Waals surface area contributed by atoms with Crippen molar-refractivity contribution in [2.45, 2.75) is 25.8 Å². The van der Waals surface area contributed by atoms with Gasteiger partial charge >= 0.3 is 0 Å². The molecule has 112 valence electrons. The van der Waals surface area contributed by atoms with E-state index in [9.17, 15) is 4.39 Å². The average molecular weight is 371 g/mol. The van der Waals surface area contributed by atoms with Gasteiger partial charge in [-0.15, -0.1) is 0 Å². The average Bonchev–Trinajstić information content (AvgIpc) is 2.48. The first-order chi connectivity index (χ1) is 10.1. The minimum absolute atomic E-state index is 0.0971. The largest absolute Gasteiger partial charge is 0.310 e. The minimum atomic E-state index is -0.254. The Morgan fingerprint density at radius 2 is 2.00 bits per heavy atom. The molecule has 0 saturated carbocycles. The molecule has 2 rings (SSSR count).